The fraction of sp³-hybridized carbons (Fsp3) is 0.591. The molecule has 0 N–H and O–H groups in total. The summed E-state index contributed by atoms with van der Waals surface area (Å²) >= 11 is 0. The second-order valence-electron chi connectivity index (χ2n) is 9.13. The van der Waals surface area contributed by atoms with Crippen molar-refractivity contribution in [2.24, 2.45) is 0 Å². The number of ether oxygens (including phenoxy) is 2. The van der Waals surface area contributed by atoms with Crippen LogP contribution in [-0.2, 0) is 25.4 Å². The van der Waals surface area contributed by atoms with Crippen molar-refractivity contribution in [2.75, 3.05) is 13.2 Å². The standard InChI is InChI=1S/C22H30BNO5/c1-21(2)22(3,4)29-23(28-21)12-17-10-18-14-26-15-19(11-17)24(18)20(25)27-13-16-8-6-5-7-9-16/h5-10,18-19H,11-15H2,1-4H3. The SMILES string of the molecule is CC1(C)OB(CC2=CC3COCC(C2)N3C(=O)OCc2ccccc2)OC1(C)C. The summed E-state index contributed by atoms with van der Waals surface area (Å²) in [6, 6.07) is 9.62. The number of rotatable bonds is 4. The molecule has 3 aliphatic heterocycles. The van der Waals surface area contributed by atoms with Crippen LogP contribution < -0.4 is 0 Å². The van der Waals surface area contributed by atoms with Gasteiger partial charge in [0.05, 0.1) is 36.5 Å². The minimum absolute atomic E-state index is 0.0144. The summed E-state index contributed by atoms with van der Waals surface area (Å²) in [5, 5.41) is 0. The molecule has 0 spiro atoms. The molecule has 2 atom stereocenters. The molecule has 2 saturated heterocycles. The van der Waals surface area contributed by atoms with Gasteiger partial charge >= 0.3 is 13.2 Å². The van der Waals surface area contributed by atoms with Crippen LogP contribution in [0.5, 0.6) is 0 Å². The highest BCUT2D eigenvalue weighted by molar-refractivity contribution is 6.46. The van der Waals surface area contributed by atoms with Crippen molar-refractivity contribution in [1.82, 2.24) is 4.90 Å². The van der Waals surface area contributed by atoms with Gasteiger partial charge in [0.15, 0.2) is 0 Å². The summed E-state index contributed by atoms with van der Waals surface area (Å²) in [7, 11) is -0.260. The van der Waals surface area contributed by atoms with Gasteiger partial charge in [-0.15, -0.1) is 0 Å². The van der Waals surface area contributed by atoms with Gasteiger partial charge < -0.3 is 18.8 Å². The van der Waals surface area contributed by atoms with Gasteiger partial charge in [0, 0.05) is 6.32 Å². The third-order valence-corrected chi connectivity index (χ3v) is 6.42. The van der Waals surface area contributed by atoms with Crippen molar-refractivity contribution in [3.8, 4) is 0 Å². The summed E-state index contributed by atoms with van der Waals surface area (Å²) in [5.41, 5.74) is 1.57. The first kappa shape index (κ1) is 20.4. The van der Waals surface area contributed by atoms with E-state index in [4.69, 9.17) is 18.8 Å². The number of fused-ring (bicyclic) bond motifs is 2. The van der Waals surface area contributed by atoms with Crippen LogP contribution in [-0.4, -0.2) is 54.6 Å². The van der Waals surface area contributed by atoms with Crippen molar-refractivity contribution in [3.05, 3.63) is 47.5 Å². The molecule has 2 fully saturated rings. The van der Waals surface area contributed by atoms with Crippen molar-refractivity contribution < 1.29 is 23.6 Å². The highest BCUT2D eigenvalue weighted by atomic mass is 16.7. The molecule has 29 heavy (non-hydrogen) atoms. The zero-order valence-corrected chi connectivity index (χ0v) is 17.7. The first-order valence-electron chi connectivity index (χ1n) is 10.4. The molecule has 4 rings (SSSR count). The van der Waals surface area contributed by atoms with E-state index >= 15 is 0 Å². The van der Waals surface area contributed by atoms with Crippen LogP contribution in [0.25, 0.3) is 0 Å². The minimum Gasteiger partial charge on any atom is -0.445 e. The number of nitrogens with zero attached hydrogens (tertiary/aromatic N) is 1. The first-order valence-corrected chi connectivity index (χ1v) is 10.4. The van der Waals surface area contributed by atoms with Crippen molar-refractivity contribution in [1.29, 1.82) is 0 Å². The predicted molar refractivity (Wildman–Crippen MR) is 110 cm³/mol. The van der Waals surface area contributed by atoms with Crippen LogP contribution in [0.15, 0.2) is 42.0 Å². The van der Waals surface area contributed by atoms with E-state index in [-0.39, 0.29) is 43.1 Å². The quantitative estimate of drug-likeness (QED) is 0.569. The number of carbonyl (C=O) groups is 1. The second kappa shape index (κ2) is 7.78. The first-order chi connectivity index (χ1) is 13.7. The maximum Gasteiger partial charge on any atom is 0.462 e. The van der Waals surface area contributed by atoms with E-state index in [0.29, 0.717) is 19.5 Å². The Labute approximate surface area is 173 Å². The zero-order chi connectivity index (χ0) is 20.6. The normalized spacial score (nSPS) is 27.5. The van der Waals surface area contributed by atoms with Gasteiger partial charge in [-0.1, -0.05) is 42.0 Å². The van der Waals surface area contributed by atoms with Gasteiger partial charge in [-0.3, -0.25) is 4.90 Å². The van der Waals surface area contributed by atoms with Crippen LogP contribution in [0.3, 0.4) is 0 Å². The average Bonchev–Trinajstić information content (AvgIpc) is 2.86. The molecule has 2 unspecified atom stereocenters. The Morgan fingerprint density at radius 2 is 1.83 bits per heavy atom. The Balaban J connectivity index is 1.40. The Morgan fingerprint density at radius 1 is 1.14 bits per heavy atom. The topological polar surface area (TPSA) is 57.2 Å². The maximum atomic E-state index is 12.8. The molecule has 1 aromatic rings. The largest absolute Gasteiger partial charge is 0.462 e. The van der Waals surface area contributed by atoms with Crippen LogP contribution >= 0.6 is 0 Å². The molecule has 0 saturated carbocycles. The van der Waals surface area contributed by atoms with Crippen LogP contribution in [0.4, 0.5) is 4.79 Å². The summed E-state index contributed by atoms with van der Waals surface area (Å²) < 4.78 is 23.6. The van der Waals surface area contributed by atoms with E-state index in [2.05, 4.69) is 33.8 Å². The Hall–Kier alpha value is -1.83. The number of amides is 1. The molecule has 0 radical (unpaired) electrons. The molecule has 0 aliphatic carbocycles. The number of benzene rings is 1. The van der Waals surface area contributed by atoms with E-state index in [1.807, 2.05) is 35.2 Å². The molecule has 3 aliphatic rings. The van der Waals surface area contributed by atoms with Crippen molar-refractivity contribution >= 4 is 13.2 Å². The van der Waals surface area contributed by atoms with Gasteiger partial charge in [0.1, 0.15) is 6.61 Å². The number of morpholine rings is 1. The van der Waals surface area contributed by atoms with Crippen molar-refractivity contribution in [2.45, 2.75) is 70.3 Å². The molecule has 6 nitrogen and oxygen atoms in total. The molecule has 156 valence electrons. The summed E-state index contributed by atoms with van der Waals surface area (Å²) in [5.74, 6) is 0. The van der Waals surface area contributed by atoms with E-state index in [1.54, 1.807) is 0 Å². The zero-order valence-electron chi connectivity index (χ0n) is 17.7. The smallest absolute Gasteiger partial charge is 0.445 e. The lowest BCUT2D eigenvalue weighted by atomic mass is 9.76. The van der Waals surface area contributed by atoms with Crippen molar-refractivity contribution in [3.63, 3.8) is 0 Å². The predicted octanol–water partition coefficient (Wildman–Crippen LogP) is 3.81. The molecule has 1 amide bonds. The van der Waals surface area contributed by atoms with Gasteiger partial charge in [0.2, 0.25) is 0 Å². The lowest BCUT2D eigenvalue weighted by Gasteiger charge is -2.43. The van der Waals surface area contributed by atoms with Gasteiger partial charge in [-0.2, -0.15) is 0 Å². The molecule has 3 heterocycles. The van der Waals surface area contributed by atoms with Crippen LogP contribution in [0.1, 0.15) is 39.7 Å². The van der Waals surface area contributed by atoms with E-state index < -0.39 is 0 Å². The van der Waals surface area contributed by atoms with Gasteiger partial charge in [-0.05, 0) is 39.7 Å². The molecular weight excluding hydrogens is 369 g/mol. The van der Waals surface area contributed by atoms with Gasteiger partial charge in [0.25, 0.3) is 0 Å². The number of hydrogen-bond donors (Lipinski definition) is 0. The fourth-order valence-electron chi connectivity index (χ4n) is 4.18. The lowest BCUT2D eigenvalue weighted by molar-refractivity contribution is -0.0372. The molecule has 1 aromatic carbocycles. The minimum atomic E-state index is -0.334. The third-order valence-electron chi connectivity index (χ3n) is 6.42. The highest BCUT2D eigenvalue weighted by Crippen LogP contribution is 2.40. The lowest BCUT2D eigenvalue weighted by Crippen LogP contribution is -2.56. The summed E-state index contributed by atoms with van der Waals surface area (Å²) in [6.45, 7) is 9.55. The van der Waals surface area contributed by atoms with Crippen LogP contribution in [0, 0.1) is 0 Å². The molecule has 0 aromatic heterocycles. The average molecular weight is 399 g/mol. The monoisotopic (exact) mass is 399 g/mol. The molecular formula is C22H30BNO5. The summed E-state index contributed by atoms with van der Waals surface area (Å²) in [6.07, 6.45) is 3.32. The number of carbonyl (C=O) groups excluding carboxylic acids is 1. The maximum absolute atomic E-state index is 12.8. The second-order valence-corrected chi connectivity index (χ2v) is 9.13. The molecule has 2 bridgehead atoms. The number of hydrogen-bond acceptors (Lipinski definition) is 5. The van der Waals surface area contributed by atoms with E-state index in [9.17, 15) is 4.79 Å². The Morgan fingerprint density at radius 3 is 2.48 bits per heavy atom. The van der Waals surface area contributed by atoms with Gasteiger partial charge in [-0.25, -0.2) is 4.79 Å². The van der Waals surface area contributed by atoms with E-state index in [1.165, 1.54) is 5.57 Å². The third kappa shape index (κ3) is 4.22. The summed E-state index contributed by atoms with van der Waals surface area (Å²) in [4.78, 5) is 14.6. The van der Waals surface area contributed by atoms with E-state index in [0.717, 1.165) is 12.0 Å². The van der Waals surface area contributed by atoms with Crippen LogP contribution in [0.2, 0.25) is 6.32 Å². The molecule has 7 heteroatoms. The fourth-order valence-corrected chi connectivity index (χ4v) is 4.18. The Kier molecular flexibility index (Phi) is 5.49. The Bertz CT molecular complexity index is 763. The highest BCUT2D eigenvalue weighted by Gasteiger charge is 2.51.